The van der Waals surface area contributed by atoms with Gasteiger partial charge in [-0.3, -0.25) is 4.79 Å². The standard InChI is InChI=1S/C18H15F3N2O2/c1-11(12-5-4-6-13(9-12)18(19,20)21)22-17(24)10-15-14-7-2-3-8-16(14)25-23-15/h2-9,11H,10H2,1H3,(H,22,24). The average molecular weight is 348 g/mol. The molecule has 4 nitrogen and oxygen atoms in total. The first-order chi connectivity index (χ1) is 11.8. The van der Waals surface area contributed by atoms with Crippen LogP contribution >= 0.6 is 0 Å². The molecule has 1 N–H and O–H groups in total. The van der Waals surface area contributed by atoms with E-state index in [9.17, 15) is 18.0 Å². The molecule has 1 amide bonds. The lowest BCUT2D eigenvalue weighted by molar-refractivity contribution is -0.137. The van der Waals surface area contributed by atoms with E-state index in [1.165, 1.54) is 6.07 Å². The fraction of sp³-hybridized carbons (Fsp3) is 0.222. The van der Waals surface area contributed by atoms with E-state index in [0.717, 1.165) is 17.5 Å². The Bertz CT molecular complexity index is 902. The maximum Gasteiger partial charge on any atom is 0.416 e. The van der Waals surface area contributed by atoms with E-state index in [-0.39, 0.29) is 12.3 Å². The molecule has 7 heteroatoms. The normalized spacial score (nSPS) is 13.0. The second-order valence-corrected chi connectivity index (χ2v) is 5.71. The van der Waals surface area contributed by atoms with Crippen molar-refractivity contribution in [3.63, 3.8) is 0 Å². The zero-order chi connectivity index (χ0) is 18.0. The zero-order valence-electron chi connectivity index (χ0n) is 13.3. The predicted molar refractivity (Wildman–Crippen MR) is 85.7 cm³/mol. The van der Waals surface area contributed by atoms with Crippen LogP contribution in [-0.2, 0) is 17.4 Å². The molecule has 1 aromatic heterocycles. The first-order valence-electron chi connectivity index (χ1n) is 7.64. The number of para-hydroxylation sites is 1. The van der Waals surface area contributed by atoms with Crippen molar-refractivity contribution in [2.24, 2.45) is 0 Å². The van der Waals surface area contributed by atoms with Crippen molar-refractivity contribution in [1.29, 1.82) is 0 Å². The zero-order valence-corrected chi connectivity index (χ0v) is 13.3. The molecule has 0 spiro atoms. The lowest BCUT2D eigenvalue weighted by Gasteiger charge is -2.16. The molecule has 3 aromatic rings. The third-order valence-electron chi connectivity index (χ3n) is 3.87. The molecule has 2 aromatic carbocycles. The molecule has 0 aliphatic rings. The summed E-state index contributed by atoms with van der Waals surface area (Å²) >= 11 is 0. The minimum absolute atomic E-state index is 0.0136. The highest BCUT2D eigenvalue weighted by Crippen LogP contribution is 2.30. The Morgan fingerprint density at radius 1 is 1.20 bits per heavy atom. The molecule has 0 radical (unpaired) electrons. The van der Waals surface area contributed by atoms with Crippen LogP contribution in [0.3, 0.4) is 0 Å². The highest BCUT2D eigenvalue weighted by atomic mass is 19.4. The molecule has 130 valence electrons. The van der Waals surface area contributed by atoms with Gasteiger partial charge in [0, 0.05) is 5.39 Å². The van der Waals surface area contributed by atoms with Crippen molar-refractivity contribution in [3.8, 4) is 0 Å². The molecule has 1 heterocycles. The SMILES string of the molecule is CC(NC(=O)Cc1noc2ccccc12)c1cccc(C(F)(F)F)c1. The Kier molecular flexibility index (Phi) is 4.48. The second-order valence-electron chi connectivity index (χ2n) is 5.71. The summed E-state index contributed by atoms with van der Waals surface area (Å²) in [6.45, 7) is 1.63. The van der Waals surface area contributed by atoms with Gasteiger partial charge in [0.25, 0.3) is 0 Å². The van der Waals surface area contributed by atoms with Crippen LogP contribution in [0.5, 0.6) is 0 Å². The van der Waals surface area contributed by atoms with Gasteiger partial charge in [-0.1, -0.05) is 29.4 Å². The van der Waals surface area contributed by atoms with Gasteiger partial charge in [0.1, 0.15) is 5.69 Å². The van der Waals surface area contributed by atoms with Gasteiger partial charge >= 0.3 is 6.18 Å². The minimum Gasteiger partial charge on any atom is -0.356 e. The molecular formula is C18H15F3N2O2. The Morgan fingerprint density at radius 2 is 1.96 bits per heavy atom. The van der Waals surface area contributed by atoms with E-state index in [1.54, 1.807) is 31.2 Å². The molecule has 0 aliphatic carbocycles. The maximum atomic E-state index is 12.8. The number of aromatic nitrogens is 1. The highest BCUT2D eigenvalue weighted by molar-refractivity contribution is 5.86. The Balaban J connectivity index is 1.70. The van der Waals surface area contributed by atoms with E-state index >= 15 is 0 Å². The molecule has 1 unspecified atom stereocenters. The molecule has 0 bridgehead atoms. The molecule has 0 aliphatic heterocycles. The van der Waals surface area contributed by atoms with Crippen LogP contribution in [-0.4, -0.2) is 11.1 Å². The van der Waals surface area contributed by atoms with Crippen LogP contribution in [0.25, 0.3) is 11.0 Å². The van der Waals surface area contributed by atoms with Gasteiger partial charge in [-0.15, -0.1) is 0 Å². The third-order valence-corrected chi connectivity index (χ3v) is 3.87. The summed E-state index contributed by atoms with van der Waals surface area (Å²) in [5.74, 6) is -0.344. The van der Waals surface area contributed by atoms with Crippen molar-refractivity contribution in [1.82, 2.24) is 10.5 Å². The lowest BCUT2D eigenvalue weighted by atomic mass is 10.0. The summed E-state index contributed by atoms with van der Waals surface area (Å²) in [6, 6.07) is 11.5. The quantitative estimate of drug-likeness (QED) is 0.766. The van der Waals surface area contributed by atoms with Gasteiger partial charge in [0.05, 0.1) is 18.0 Å². The lowest BCUT2D eigenvalue weighted by Crippen LogP contribution is -2.28. The van der Waals surface area contributed by atoms with Crippen molar-refractivity contribution < 1.29 is 22.5 Å². The summed E-state index contributed by atoms with van der Waals surface area (Å²) in [7, 11) is 0. The van der Waals surface area contributed by atoms with Crippen molar-refractivity contribution in [2.45, 2.75) is 25.6 Å². The van der Waals surface area contributed by atoms with Gasteiger partial charge in [0.15, 0.2) is 5.58 Å². The van der Waals surface area contributed by atoms with E-state index in [2.05, 4.69) is 10.5 Å². The first kappa shape index (κ1) is 17.0. The van der Waals surface area contributed by atoms with E-state index in [1.807, 2.05) is 6.07 Å². The van der Waals surface area contributed by atoms with Crippen molar-refractivity contribution in [2.75, 3.05) is 0 Å². The summed E-state index contributed by atoms with van der Waals surface area (Å²) in [5, 5.41) is 7.31. The number of alkyl halides is 3. The number of halogens is 3. The summed E-state index contributed by atoms with van der Waals surface area (Å²) in [5.41, 5.74) is 0.711. The van der Waals surface area contributed by atoms with Gasteiger partial charge in [-0.05, 0) is 36.8 Å². The first-order valence-corrected chi connectivity index (χ1v) is 7.64. The molecule has 0 saturated carbocycles. The van der Waals surface area contributed by atoms with Gasteiger partial charge in [0.2, 0.25) is 5.91 Å². The van der Waals surface area contributed by atoms with Crippen molar-refractivity contribution >= 4 is 16.9 Å². The number of hydrogen-bond acceptors (Lipinski definition) is 3. The van der Waals surface area contributed by atoms with E-state index < -0.39 is 17.8 Å². The summed E-state index contributed by atoms with van der Waals surface area (Å²) in [4.78, 5) is 12.2. The smallest absolute Gasteiger partial charge is 0.356 e. The van der Waals surface area contributed by atoms with Gasteiger partial charge in [-0.2, -0.15) is 13.2 Å². The largest absolute Gasteiger partial charge is 0.416 e. The number of fused-ring (bicyclic) bond motifs is 1. The number of hydrogen-bond donors (Lipinski definition) is 1. The van der Waals surface area contributed by atoms with Crippen LogP contribution in [0.15, 0.2) is 53.1 Å². The number of nitrogens with one attached hydrogen (secondary N) is 1. The average Bonchev–Trinajstić information content (AvgIpc) is 2.97. The maximum absolute atomic E-state index is 12.8. The molecule has 25 heavy (non-hydrogen) atoms. The van der Waals surface area contributed by atoms with Crippen LogP contribution < -0.4 is 5.32 Å². The third kappa shape index (κ3) is 3.81. The number of benzene rings is 2. The number of amides is 1. The Hall–Kier alpha value is -2.83. The van der Waals surface area contributed by atoms with Gasteiger partial charge in [-0.25, -0.2) is 0 Å². The fourth-order valence-electron chi connectivity index (χ4n) is 2.58. The van der Waals surface area contributed by atoms with Crippen LogP contribution in [0, 0.1) is 0 Å². The minimum atomic E-state index is -4.42. The van der Waals surface area contributed by atoms with Gasteiger partial charge < -0.3 is 9.84 Å². The van der Waals surface area contributed by atoms with Crippen LogP contribution in [0.4, 0.5) is 13.2 Å². The Labute approximate surface area is 141 Å². The summed E-state index contributed by atoms with van der Waals surface area (Å²) in [6.07, 6.45) is -4.43. The summed E-state index contributed by atoms with van der Waals surface area (Å²) < 4.78 is 43.5. The molecule has 0 fully saturated rings. The molecule has 1 atom stereocenters. The number of rotatable bonds is 4. The van der Waals surface area contributed by atoms with Crippen molar-refractivity contribution in [3.05, 3.63) is 65.4 Å². The topological polar surface area (TPSA) is 55.1 Å². The molecule has 3 rings (SSSR count). The Morgan fingerprint density at radius 3 is 2.72 bits per heavy atom. The second kappa shape index (κ2) is 6.58. The van der Waals surface area contributed by atoms with Crippen LogP contribution in [0.2, 0.25) is 0 Å². The number of carbonyl (C=O) groups is 1. The predicted octanol–water partition coefficient (Wildman–Crippen LogP) is 4.27. The molecule has 0 saturated heterocycles. The monoisotopic (exact) mass is 348 g/mol. The molecular weight excluding hydrogens is 333 g/mol. The van der Waals surface area contributed by atoms with E-state index in [0.29, 0.717) is 16.8 Å². The fourth-order valence-corrected chi connectivity index (χ4v) is 2.58. The number of nitrogens with zero attached hydrogens (tertiary/aromatic N) is 1. The highest BCUT2D eigenvalue weighted by Gasteiger charge is 2.30. The van der Waals surface area contributed by atoms with Crippen LogP contribution in [0.1, 0.15) is 29.8 Å². The number of carbonyl (C=O) groups excluding carboxylic acids is 1. The van der Waals surface area contributed by atoms with E-state index in [4.69, 9.17) is 4.52 Å².